The zero-order valence-corrected chi connectivity index (χ0v) is 18.5. The zero-order valence-electron chi connectivity index (χ0n) is 18.5. The molecule has 0 aromatic heterocycles. The fraction of sp³-hybridized carbons (Fsp3) is 0.269. The number of nitro groups is 1. The van der Waals surface area contributed by atoms with Crippen LogP contribution in [0, 0.1) is 17.0 Å². The van der Waals surface area contributed by atoms with Crippen LogP contribution in [-0.4, -0.2) is 35.9 Å². The number of amides is 1. The molecule has 1 heterocycles. The Kier molecular flexibility index (Phi) is 6.21. The summed E-state index contributed by atoms with van der Waals surface area (Å²) in [5.41, 5.74) is 5.98. The molecule has 1 amide bonds. The molecule has 4 rings (SSSR count). The van der Waals surface area contributed by atoms with Crippen molar-refractivity contribution in [3.8, 4) is 0 Å². The molecule has 1 aliphatic rings. The molecule has 0 bridgehead atoms. The number of aryl methyl sites for hydroxylation is 3. The van der Waals surface area contributed by atoms with Gasteiger partial charge in [-0.05, 0) is 55.5 Å². The summed E-state index contributed by atoms with van der Waals surface area (Å²) < 4.78 is 0. The number of nitro benzene ring substituents is 1. The van der Waals surface area contributed by atoms with Crippen molar-refractivity contribution >= 4 is 23.0 Å². The lowest BCUT2D eigenvalue weighted by Gasteiger charge is -2.28. The van der Waals surface area contributed by atoms with Gasteiger partial charge in [0.15, 0.2) is 0 Å². The first-order valence-corrected chi connectivity index (χ1v) is 10.9. The minimum atomic E-state index is -0.444. The van der Waals surface area contributed by atoms with Gasteiger partial charge in [0.25, 0.3) is 11.6 Å². The van der Waals surface area contributed by atoms with Crippen molar-refractivity contribution in [2.45, 2.75) is 26.2 Å². The number of carbonyl (C=O) groups is 1. The van der Waals surface area contributed by atoms with Gasteiger partial charge in [-0.2, -0.15) is 0 Å². The third kappa shape index (κ3) is 4.35. The lowest BCUT2D eigenvalue weighted by Crippen LogP contribution is -2.30. The van der Waals surface area contributed by atoms with Crippen LogP contribution < -0.4 is 4.90 Å². The van der Waals surface area contributed by atoms with Crippen LogP contribution in [0.5, 0.6) is 0 Å². The molecule has 32 heavy (non-hydrogen) atoms. The summed E-state index contributed by atoms with van der Waals surface area (Å²) in [7, 11) is 1.75. The SMILES string of the molecule is Cc1ccc(C(=O)N(C)CCCN2c3ccccc3CCc3ccccc32)cc1[N+](=O)[O-]. The largest absolute Gasteiger partial charge is 0.342 e. The normalized spacial score (nSPS) is 12.5. The number of carbonyl (C=O) groups excluding carboxylic acids is 1. The number of hydrogen-bond acceptors (Lipinski definition) is 4. The van der Waals surface area contributed by atoms with Crippen LogP contribution >= 0.6 is 0 Å². The first kappa shape index (κ1) is 21.6. The first-order chi connectivity index (χ1) is 15.5. The van der Waals surface area contributed by atoms with Gasteiger partial charge in [0.1, 0.15) is 0 Å². The van der Waals surface area contributed by atoms with Gasteiger partial charge in [0, 0.05) is 48.7 Å². The summed E-state index contributed by atoms with van der Waals surface area (Å²) >= 11 is 0. The Morgan fingerprint density at radius 1 is 1.00 bits per heavy atom. The van der Waals surface area contributed by atoms with Crippen molar-refractivity contribution in [3.05, 3.63) is 99.1 Å². The average molecular weight is 430 g/mol. The van der Waals surface area contributed by atoms with Crippen LogP contribution in [-0.2, 0) is 12.8 Å². The van der Waals surface area contributed by atoms with Crippen molar-refractivity contribution in [3.63, 3.8) is 0 Å². The summed E-state index contributed by atoms with van der Waals surface area (Å²) in [6, 6.07) is 21.7. The lowest BCUT2D eigenvalue weighted by atomic mass is 10.0. The van der Waals surface area contributed by atoms with E-state index in [-0.39, 0.29) is 11.6 Å². The summed E-state index contributed by atoms with van der Waals surface area (Å²) in [6.07, 6.45) is 2.79. The van der Waals surface area contributed by atoms with E-state index in [1.807, 2.05) is 0 Å². The molecule has 0 fully saturated rings. The van der Waals surface area contributed by atoms with Crippen molar-refractivity contribution in [2.24, 2.45) is 0 Å². The van der Waals surface area contributed by atoms with E-state index in [1.54, 1.807) is 31.0 Å². The van der Waals surface area contributed by atoms with Gasteiger partial charge >= 0.3 is 0 Å². The first-order valence-electron chi connectivity index (χ1n) is 10.9. The molecule has 0 spiro atoms. The Balaban J connectivity index is 1.48. The second-order valence-electron chi connectivity index (χ2n) is 8.25. The third-order valence-electron chi connectivity index (χ3n) is 6.10. The van der Waals surface area contributed by atoms with E-state index in [0.717, 1.165) is 25.8 Å². The maximum absolute atomic E-state index is 12.9. The molecule has 0 unspecified atom stereocenters. The molecule has 3 aromatic carbocycles. The van der Waals surface area contributed by atoms with Gasteiger partial charge in [-0.1, -0.05) is 42.5 Å². The quantitative estimate of drug-likeness (QED) is 0.394. The van der Waals surface area contributed by atoms with Crippen molar-refractivity contribution in [1.29, 1.82) is 0 Å². The van der Waals surface area contributed by atoms with E-state index in [1.165, 1.54) is 28.6 Å². The van der Waals surface area contributed by atoms with Crippen LogP contribution in [0.3, 0.4) is 0 Å². The van der Waals surface area contributed by atoms with Crippen LogP contribution in [0.2, 0.25) is 0 Å². The second kappa shape index (κ2) is 9.22. The number of rotatable bonds is 6. The van der Waals surface area contributed by atoms with E-state index in [2.05, 4.69) is 53.4 Å². The smallest absolute Gasteiger partial charge is 0.273 e. The summed E-state index contributed by atoms with van der Waals surface area (Å²) in [5, 5.41) is 11.2. The molecular weight excluding hydrogens is 402 g/mol. The Hall–Kier alpha value is -3.67. The summed E-state index contributed by atoms with van der Waals surface area (Å²) in [6.45, 7) is 3.01. The van der Waals surface area contributed by atoms with Crippen LogP contribution in [0.15, 0.2) is 66.7 Å². The van der Waals surface area contributed by atoms with Crippen LogP contribution in [0.25, 0.3) is 0 Å². The van der Waals surface area contributed by atoms with Gasteiger partial charge in [-0.15, -0.1) is 0 Å². The van der Waals surface area contributed by atoms with Crippen molar-refractivity contribution in [1.82, 2.24) is 4.90 Å². The minimum Gasteiger partial charge on any atom is -0.342 e. The topological polar surface area (TPSA) is 66.7 Å². The van der Waals surface area contributed by atoms with Gasteiger partial charge in [0.2, 0.25) is 0 Å². The Labute approximate surface area is 188 Å². The fourth-order valence-electron chi connectivity index (χ4n) is 4.34. The molecule has 6 heteroatoms. The third-order valence-corrected chi connectivity index (χ3v) is 6.10. The van der Waals surface area contributed by atoms with Gasteiger partial charge in [-0.3, -0.25) is 14.9 Å². The molecule has 0 saturated carbocycles. The fourth-order valence-corrected chi connectivity index (χ4v) is 4.34. The van der Waals surface area contributed by atoms with Crippen molar-refractivity contribution < 1.29 is 9.72 Å². The second-order valence-corrected chi connectivity index (χ2v) is 8.25. The zero-order chi connectivity index (χ0) is 22.7. The highest BCUT2D eigenvalue weighted by atomic mass is 16.6. The molecule has 0 aliphatic carbocycles. The Morgan fingerprint density at radius 3 is 2.19 bits per heavy atom. The van der Waals surface area contributed by atoms with E-state index in [0.29, 0.717) is 17.7 Å². The maximum Gasteiger partial charge on any atom is 0.273 e. The molecule has 6 nitrogen and oxygen atoms in total. The molecule has 0 atom stereocenters. The van der Waals surface area contributed by atoms with Gasteiger partial charge in [-0.25, -0.2) is 0 Å². The van der Waals surface area contributed by atoms with E-state index in [4.69, 9.17) is 0 Å². The number of fused-ring (bicyclic) bond motifs is 2. The number of para-hydroxylation sites is 2. The van der Waals surface area contributed by atoms with E-state index >= 15 is 0 Å². The molecule has 3 aromatic rings. The lowest BCUT2D eigenvalue weighted by molar-refractivity contribution is -0.385. The minimum absolute atomic E-state index is 0.0259. The summed E-state index contributed by atoms with van der Waals surface area (Å²) in [5.74, 6) is -0.204. The molecule has 0 radical (unpaired) electrons. The Morgan fingerprint density at radius 2 is 1.59 bits per heavy atom. The molecule has 1 aliphatic heterocycles. The highest BCUT2D eigenvalue weighted by Crippen LogP contribution is 2.35. The van der Waals surface area contributed by atoms with E-state index < -0.39 is 4.92 Å². The highest BCUT2D eigenvalue weighted by Gasteiger charge is 2.21. The summed E-state index contributed by atoms with van der Waals surface area (Å²) in [4.78, 5) is 27.6. The van der Waals surface area contributed by atoms with Crippen LogP contribution in [0.1, 0.15) is 33.5 Å². The molecular formula is C26H27N3O3. The highest BCUT2D eigenvalue weighted by molar-refractivity contribution is 5.94. The maximum atomic E-state index is 12.9. The number of nitrogens with zero attached hydrogens (tertiary/aromatic N) is 3. The monoisotopic (exact) mass is 429 g/mol. The number of benzene rings is 3. The Bertz CT molecular complexity index is 1110. The van der Waals surface area contributed by atoms with Crippen LogP contribution in [0.4, 0.5) is 17.1 Å². The average Bonchev–Trinajstić information content (AvgIpc) is 2.96. The standard InChI is InChI=1S/C26H27N3O3/c1-19-12-13-22(18-25(19)29(31)32)26(30)27(2)16-7-17-28-23-10-5-3-8-20(23)14-15-21-9-4-6-11-24(21)28/h3-6,8-13,18H,7,14-17H2,1-2H3. The van der Waals surface area contributed by atoms with Gasteiger partial charge in [0.05, 0.1) is 4.92 Å². The predicted octanol–water partition coefficient (Wildman–Crippen LogP) is 5.30. The number of anilines is 2. The van der Waals surface area contributed by atoms with Crippen molar-refractivity contribution in [2.75, 3.05) is 25.0 Å². The van der Waals surface area contributed by atoms with Gasteiger partial charge < -0.3 is 9.80 Å². The molecule has 0 saturated heterocycles. The van der Waals surface area contributed by atoms with E-state index in [9.17, 15) is 14.9 Å². The molecule has 0 N–H and O–H groups in total. The predicted molar refractivity (Wildman–Crippen MR) is 127 cm³/mol. The number of hydrogen-bond donors (Lipinski definition) is 0. The molecule has 164 valence electrons.